The summed E-state index contributed by atoms with van der Waals surface area (Å²) in [6.07, 6.45) is 1.63. The zero-order chi connectivity index (χ0) is 14.5. The Bertz CT molecular complexity index is 674. The van der Waals surface area contributed by atoms with E-state index in [0.717, 1.165) is 16.0 Å². The number of anilines is 1. The minimum absolute atomic E-state index is 0.163. The lowest BCUT2D eigenvalue weighted by Gasteiger charge is -2.04. The zero-order valence-electron chi connectivity index (χ0n) is 11.4. The highest BCUT2D eigenvalue weighted by Gasteiger charge is 2.09. The number of thiazole rings is 1. The Balaban J connectivity index is 2.13. The van der Waals surface area contributed by atoms with Crippen LogP contribution in [0.15, 0.2) is 24.4 Å². The molecule has 5 heteroatoms. The summed E-state index contributed by atoms with van der Waals surface area (Å²) >= 11 is 1.33. The maximum Gasteiger partial charge on any atom is 0.257 e. The smallest absolute Gasteiger partial charge is 0.257 e. The molecule has 20 heavy (non-hydrogen) atoms. The normalized spacial score (nSPS) is 9.75. The highest BCUT2D eigenvalue weighted by atomic mass is 32.1. The van der Waals surface area contributed by atoms with Gasteiger partial charge in [-0.2, -0.15) is 0 Å². The van der Waals surface area contributed by atoms with Crippen molar-refractivity contribution in [3.05, 3.63) is 46.0 Å². The van der Waals surface area contributed by atoms with E-state index in [4.69, 9.17) is 5.73 Å². The summed E-state index contributed by atoms with van der Waals surface area (Å²) in [4.78, 5) is 17.0. The number of carbonyl (C=O) groups is 1. The van der Waals surface area contributed by atoms with Crippen LogP contribution >= 0.6 is 11.3 Å². The third-order valence-electron chi connectivity index (χ3n) is 2.52. The van der Waals surface area contributed by atoms with Crippen LogP contribution in [0.1, 0.15) is 26.4 Å². The number of aromatic nitrogens is 1. The predicted molar refractivity (Wildman–Crippen MR) is 81.9 cm³/mol. The number of amides is 1. The fourth-order valence-corrected chi connectivity index (χ4v) is 2.49. The Morgan fingerprint density at radius 2 is 2.05 bits per heavy atom. The first-order valence-electron chi connectivity index (χ1n) is 6.13. The van der Waals surface area contributed by atoms with Crippen LogP contribution in [0.25, 0.3) is 0 Å². The van der Waals surface area contributed by atoms with Gasteiger partial charge in [0.25, 0.3) is 5.91 Å². The molecule has 2 aromatic rings. The highest BCUT2D eigenvalue weighted by molar-refractivity contribution is 7.16. The van der Waals surface area contributed by atoms with E-state index in [1.54, 1.807) is 6.20 Å². The number of carbonyl (C=O) groups excluding carboxylic acids is 1. The molecule has 0 aliphatic rings. The third kappa shape index (κ3) is 3.67. The van der Waals surface area contributed by atoms with Gasteiger partial charge in [-0.25, -0.2) is 4.98 Å². The molecule has 0 aliphatic carbocycles. The Hall–Kier alpha value is -2.16. The predicted octanol–water partition coefficient (Wildman–Crippen LogP) is 2.32. The number of rotatable bonds is 2. The number of nitrogens with zero attached hydrogens (tertiary/aromatic N) is 1. The maximum absolute atomic E-state index is 12.1. The topological polar surface area (TPSA) is 68.0 Å². The third-order valence-corrected chi connectivity index (χ3v) is 3.35. The molecule has 0 aliphatic heterocycles. The lowest BCUT2D eigenvalue weighted by molar-refractivity contribution is 0.102. The lowest BCUT2D eigenvalue weighted by Crippen LogP contribution is -2.12. The molecule has 0 bridgehead atoms. The van der Waals surface area contributed by atoms with Crippen LogP contribution in [0.2, 0.25) is 0 Å². The van der Waals surface area contributed by atoms with Gasteiger partial charge < -0.3 is 5.73 Å². The van der Waals surface area contributed by atoms with Gasteiger partial charge in [0.1, 0.15) is 0 Å². The summed E-state index contributed by atoms with van der Waals surface area (Å²) in [5, 5.41) is 3.32. The Morgan fingerprint density at radius 3 is 2.70 bits per heavy atom. The molecule has 1 aromatic heterocycles. The van der Waals surface area contributed by atoms with Crippen molar-refractivity contribution in [3.63, 3.8) is 0 Å². The second kappa shape index (κ2) is 6.33. The van der Waals surface area contributed by atoms with Crippen molar-refractivity contribution in [1.29, 1.82) is 0 Å². The first-order valence-corrected chi connectivity index (χ1v) is 6.94. The molecular weight excluding hydrogens is 270 g/mol. The molecule has 2 rings (SSSR count). The van der Waals surface area contributed by atoms with Crippen LogP contribution < -0.4 is 11.1 Å². The minimum atomic E-state index is -0.163. The quantitative estimate of drug-likeness (QED) is 0.832. The van der Waals surface area contributed by atoms with E-state index in [1.807, 2.05) is 32.0 Å². The van der Waals surface area contributed by atoms with Crippen molar-refractivity contribution in [1.82, 2.24) is 4.98 Å². The number of nitrogens with one attached hydrogen (secondary N) is 1. The highest BCUT2D eigenvalue weighted by Crippen LogP contribution is 2.18. The van der Waals surface area contributed by atoms with Gasteiger partial charge in [0.15, 0.2) is 5.13 Å². The second-order valence-corrected chi connectivity index (χ2v) is 5.40. The fourth-order valence-electron chi connectivity index (χ4n) is 1.80. The summed E-state index contributed by atoms with van der Waals surface area (Å²) in [5.74, 6) is 5.48. The number of benzene rings is 1. The molecular formula is C15H15N3OS. The molecule has 0 unspecified atom stereocenters. The van der Waals surface area contributed by atoms with Gasteiger partial charge in [-0.15, -0.1) is 0 Å². The molecule has 1 amide bonds. The average molecular weight is 285 g/mol. The standard InChI is InChI=1S/C15H15N3OS/c1-10-6-11(2)8-12(7-10)14(19)18-15-17-9-13(20-15)4-3-5-16/h6-9H,5,16H2,1-2H3,(H,17,18,19). The summed E-state index contributed by atoms with van der Waals surface area (Å²) in [5.41, 5.74) is 8.06. The van der Waals surface area contributed by atoms with Crippen molar-refractivity contribution in [2.45, 2.75) is 13.8 Å². The second-order valence-electron chi connectivity index (χ2n) is 4.37. The van der Waals surface area contributed by atoms with E-state index in [1.165, 1.54) is 11.3 Å². The van der Waals surface area contributed by atoms with Gasteiger partial charge >= 0.3 is 0 Å². The first-order chi connectivity index (χ1) is 9.58. The number of aryl methyl sites for hydroxylation is 2. The molecule has 3 N–H and O–H groups in total. The van der Waals surface area contributed by atoms with Crippen LogP contribution in [0.3, 0.4) is 0 Å². The molecule has 0 saturated heterocycles. The van der Waals surface area contributed by atoms with Crippen molar-refractivity contribution in [2.24, 2.45) is 5.73 Å². The summed E-state index contributed by atoms with van der Waals surface area (Å²) < 4.78 is 0. The maximum atomic E-state index is 12.1. The van der Waals surface area contributed by atoms with Crippen LogP contribution in [-0.4, -0.2) is 17.4 Å². The molecule has 0 fully saturated rings. The molecule has 1 aromatic carbocycles. The van der Waals surface area contributed by atoms with Crippen molar-refractivity contribution in [2.75, 3.05) is 11.9 Å². The van der Waals surface area contributed by atoms with Gasteiger partial charge in [-0.05, 0) is 26.0 Å². The van der Waals surface area contributed by atoms with E-state index < -0.39 is 0 Å². The largest absolute Gasteiger partial charge is 0.320 e. The molecule has 0 spiro atoms. The van der Waals surface area contributed by atoms with Crippen molar-refractivity contribution in [3.8, 4) is 11.8 Å². The van der Waals surface area contributed by atoms with Gasteiger partial charge in [-0.1, -0.05) is 40.4 Å². The summed E-state index contributed by atoms with van der Waals surface area (Å²) in [7, 11) is 0. The van der Waals surface area contributed by atoms with Crippen molar-refractivity contribution < 1.29 is 4.79 Å². The first kappa shape index (κ1) is 14.3. The van der Waals surface area contributed by atoms with Crippen LogP contribution in [0.4, 0.5) is 5.13 Å². The van der Waals surface area contributed by atoms with Crippen LogP contribution in [-0.2, 0) is 0 Å². The van der Waals surface area contributed by atoms with Crippen LogP contribution in [0.5, 0.6) is 0 Å². The Kier molecular flexibility index (Phi) is 4.51. The Morgan fingerprint density at radius 1 is 1.35 bits per heavy atom. The van der Waals surface area contributed by atoms with E-state index in [2.05, 4.69) is 22.1 Å². The number of nitrogens with two attached hydrogens (primary N) is 1. The van der Waals surface area contributed by atoms with E-state index in [0.29, 0.717) is 17.2 Å². The van der Waals surface area contributed by atoms with E-state index in [9.17, 15) is 4.79 Å². The zero-order valence-corrected chi connectivity index (χ0v) is 12.2. The number of hydrogen-bond acceptors (Lipinski definition) is 4. The van der Waals surface area contributed by atoms with Crippen LogP contribution in [0, 0.1) is 25.7 Å². The van der Waals surface area contributed by atoms with Crippen molar-refractivity contribution >= 4 is 22.4 Å². The molecule has 102 valence electrons. The SMILES string of the molecule is Cc1cc(C)cc(C(=O)Nc2ncc(C#CCN)s2)c1. The lowest BCUT2D eigenvalue weighted by atomic mass is 10.1. The summed E-state index contributed by atoms with van der Waals surface area (Å²) in [6.45, 7) is 4.24. The molecule has 0 atom stereocenters. The Labute approximate surface area is 122 Å². The van der Waals surface area contributed by atoms with Gasteiger partial charge in [0.2, 0.25) is 0 Å². The van der Waals surface area contributed by atoms with E-state index >= 15 is 0 Å². The molecule has 1 heterocycles. The minimum Gasteiger partial charge on any atom is -0.320 e. The molecule has 0 saturated carbocycles. The van der Waals surface area contributed by atoms with Gasteiger partial charge in [0, 0.05) is 5.56 Å². The monoisotopic (exact) mass is 285 g/mol. The van der Waals surface area contributed by atoms with Gasteiger partial charge in [-0.3, -0.25) is 10.1 Å². The molecule has 0 radical (unpaired) electrons. The average Bonchev–Trinajstić information content (AvgIpc) is 2.82. The fraction of sp³-hybridized carbons (Fsp3) is 0.200. The van der Waals surface area contributed by atoms with E-state index in [-0.39, 0.29) is 5.91 Å². The number of hydrogen-bond donors (Lipinski definition) is 2. The summed E-state index contributed by atoms with van der Waals surface area (Å²) in [6, 6.07) is 5.73. The molecule has 4 nitrogen and oxygen atoms in total. The van der Waals surface area contributed by atoms with Gasteiger partial charge in [0.05, 0.1) is 17.6 Å².